The zero-order chi connectivity index (χ0) is 27.4. The van der Waals surface area contributed by atoms with Crippen LogP contribution >= 0.6 is 0 Å². The highest BCUT2D eigenvalue weighted by Gasteiger charge is 2.21. The van der Waals surface area contributed by atoms with Gasteiger partial charge >= 0.3 is 5.69 Å². The van der Waals surface area contributed by atoms with Gasteiger partial charge in [0.05, 0.1) is 24.8 Å². The van der Waals surface area contributed by atoms with E-state index in [0.29, 0.717) is 17.1 Å². The van der Waals surface area contributed by atoms with Gasteiger partial charge in [-0.3, -0.25) is 24.0 Å². The van der Waals surface area contributed by atoms with E-state index in [2.05, 4.69) is 15.5 Å². The lowest BCUT2D eigenvalue weighted by atomic mass is 10.2. The van der Waals surface area contributed by atoms with E-state index in [1.165, 1.54) is 47.6 Å². The normalized spacial score (nSPS) is 12.1. The van der Waals surface area contributed by atoms with Crippen LogP contribution in [0.1, 0.15) is 5.56 Å². The van der Waals surface area contributed by atoms with Crippen molar-refractivity contribution in [3.05, 3.63) is 85.0 Å². The Kier molecular flexibility index (Phi) is 7.53. The Bertz CT molecular complexity index is 1620. The quantitative estimate of drug-likeness (QED) is 0.176. The van der Waals surface area contributed by atoms with Gasteiger partial charge < -0.3 is 19.1 Å². The number of methoxy groups -OCH3 is 1. The minimum absolute atomic E-state index is 0.0727. The van der Waals surface area contributed by atoms with Crippen LogP contribution in [0.4, 0.5) is 11.6 Å². The molecule has 2 aromatic carbocycles. The molecule has 14 nitrogen and oxygen atoms in total. The first-order valence-electron chi connectivity index (χ1n) is 11.3. The third-order valence-electron chi connectivity index (χ3n) is 5.70. The summed E-state index contributed by atoms with van der Waals surface area (Å²) in [6, 6.07) is 12.7. The molecule has 0 spiro atoms. The highest BCUT2D eigenvalue weighted by molar-refractivity contribution is 5.81. The number of nitro groups is 1. The van der Waals surface area contributed by atoms with Crippen LogP contribution in [0.3, 0.4) is 0 Å². The Morgan fingerprint density at radius 3 is 2.55 bits per heavy atom. The predicted molar refractivity (Wildman–Crippen MR) is 139 cm³/mol. The summed E-state index contributed by atoms with van der Waals surface area (Å²) >= 11 is 0. The third kappa shape index (κ3) is 5.39. The van der Waals surface area contributed by atoms with Crippen molar-refractivity contribution in [2.75, 3.05) is 19.1 Å². The lowest BCUT2D eigenvalue weighted by molar-refractivity contribution is -0.384. The molecule has 1 atom stereocenters. The van der Waals surface area contributed by atoms with Crippen molar-refractivity contribution in [2.45, 2.75) is 12.6 Å². The number of fused-ring (bicyclic) bond motifs is 1. The number of nitro benzene ring substituents is 1. The molecule has 0 aliphatic heterocycles. The molecule has 4 rings (SSSR count). The topological polar surface area (TPSA) is 168 Å². The number of imidazole rings is 1. The van der Waals surface area contributed by atoms with Gasteiger partial charge in [-0.15, -0.1) is 0 Å². The van der Waals surface area contributed by atoms with Gasteiger partial charge in [0.25, 0.3) is 11.2 Å². The molecule has 0 aliphatic carbocycles. The number of aliphatic hydroxyl groups is 1. The summed E-state index contributed by atoms with van der Waals surface area (Å²) in [5.41, 5.74) is 2.06. The second-order valence-corrected chi connectivity index (χ2v) is 8.29. The van der Waals surface area contributed by atoms with Gasteiger partial charge in [0, 0.05) is 31.8 Å². The number of benzene rings is 2. The summed E-state index contributed by atoms with van der Waals surface area (Å²) in [6.07, 6.45) is 0.273. The van der Waals surface area contributed by atoms with Gasteiger partial charge in [0.15, 0.2) is 11.2 Å². The van der Waals surface area contributed by atoms with Gasteiger partial charge in [-0.05, 0) is 24.3 Å². The maximum absolute atomic E-state index is 13.0. The van der Waals surface area contributed by atoms with Crippen LogP contribution < -0.4 is 26.1 Å². The van der Waals surface area contributed by atoms with Crippen LogP contribution in [0, 0.1) is 10.1 Å². The molecule has 0 radical (unpaired) electrons. The van der Waals surface area contributed by atoms with Crippen molar-refractivity contribution in [3.63, 3.8) is 0 Å². The Morgan fingerprint density at radius 1 is 1.16 bits per heavy atom. The molecule has 0 fully saturated rings. The van der Waals surface area contributed by atoms with Crippen LogP contribution in [0.2, 0.25) is 0 Å². The fourth-order valence-corrected chi connectivity index (χ4v) is 3.72. The molecule has 198 valence electrons. The van der Waals surface area contributed by atoms with Crippen molar-refractivity contribution in [2.24, 2.45) is 19.2 Å². The summed E-state index contributed by atoms with van der Waals surface area (Å²) in [7, 11) is 4.37. The van der Waals surface area contributed by atoms with Crippen LogP contribution in [-0.2, 0) is 20.6 Å². The van der Waals surface area contributed by atoms with Crippen molar-refractivity contribution in [3.8, 4) is 11.5 Å². The van der Waals surface area contributed by atoms with Crippen molar-refractivity contribution in [1.82, 2.24) is 18.7 Å². The molecule has 1 unspecified atom stereocenters. The first-order valence-corrected chi connectivity index (χ1v) is 11.3. The van der Waals surface area contributed by atoms with Crippen LogP contribution in [0.15, 0.2) is 63.2 Å². The van der Waals surface area contributed by atoms with Crippen LogP contribution in [0.5, 0.6) is 11.5 Å². The number of non-ortho nitro benzene ring substituents is 1. The molecule has 2 N–H and O–H groups in total. The zero-order valence-electron chi connectivity index (χ0n) is 20.8. The van der Waals surface area contributed by atoms with E-state index in [0.717, 1.165) is 4.57 Å². The number of ether oxygens (including phenoxy) is 2. The number of rotatable bonds is 10. The van der Waals surface area contributed by atoms with Crippen LogP contribution in [0.25, 0.3) is 11.2 Å². The summed E-state index contributed by atoms with van der Waals surface area (Å²) in [4.78, 5) is 40.3. The van der Waals surface area contributed by atoms with Crippen molar-refractivity contribution < 1.29 is 19.5 Å². The Labute approximate surface area is 215 Å². The predicted octanol–water partition coefficient (Wildman–Crippen LogP) is 1.24. The molecule has 38 heavy (non-hydrogen) atoms. The minimum Gasteiger partial charge on any atom is -0.497 e. The third-order valence-corrected chi connectivity index (χ3v) is 5.70. The standard InChI is InChI=1S/C24H25N7O7/c1-28-21-20(22(33)29(2)24(28)34)30(13-17(32)14-38-19-9-7-18(37-3)8-10-19)23(26-21)27-25-12-15-5-4-6-16(11-15)31(35)36/h4-12,17,32H,13-14H2,1-3H3,(H,26,27)/b25-12+. The van der Waals surface area contributed by atoms with Gasteiger partial charge in [-0.25, -0.2) is 10.2 Å². The van der Waals surface area contributed by atoms with E-state index in [1.54, 1.807) is 37.4 Å². The smallest absolute Gasteiger partial charge is 0.332 e. The number of nitrogens with one attached hydrogen (secondary N) is 1. The largest absolute Gasteiger partial charge is 0.497 e. The van der Waals surface area contributed by atoms with Crippen molar-refractivity contribution in [1.29, 1.82) is 0 Å². The van der Waals surface area contributed by atoms with E-state index in [-0.39, 0.29) is 36.0 Å². The molecule has 2 heterocycles. The Morgan fingerprint density at radius 2 is 1.87 bits per heavy atom. The number of nitrogens with zero attached hydrogens (tertiary/aromatic N) is 6. The molecule has 2 aromatic heterocycles. The lowest BCUT2D eigenvalue weighted by Crippen LogP contribution is -2.38. The van der Waals surface area contributed by atoms with E-state index in [4.69, 9.17) is 9.47 Å². The number of aliphatic hydroxyl groups excluding tert-OH is 1. The van der Waals surface area contributed by atoms with Gasteiger partial charge in [0.1, 0.15) is 24.2 Å². The molecule has 0 amide bonds. The highest BCUT2D eigenvalue weighted by Crippen LogP contribution is 2.19. The fraction of sp³-hybridized carbons (Fsp3) is 0.250. The monoisotopic (exact) mass is 523 g/mol. The number of hydrogen-bond donors (Lipinski definition) is 2. The van der Waals surface area contributed by atoms with Gasteiger partial charge in [-0.2, -0.15) is 10.1 Å². The molecule has 0 saturated heterocycles. The van der Waals surface area contributed by atoms with E-state index in [9.17, 15) is 24.8 Å². The summed E-state index contributed by atoms with van der Waals surface area (Å²) in [5.74, 6) is 1.24. The van der Waals surface area contributed by atoms with Gasteiger partial charge in [-0.1, -0.05) is 12.1 Å². The molecule has 4 aromatic rings. The average Bonchev–Trinajstić information content (AvgIpc) is 3.27. The zero-order valence-corrected chi connectivity index (χ0v) is 20.8. The van der Waals surface area contributed by atoms with Crippen LogP contribution in [-0.4, -0.2) is 54.8 Å². The number of anilines is 1. The summed E-state index contributed by atoms with van der Waals surface area (Å²) in [5, 5.41) is 25.8. The molecule has 0 bridgehead atoms. The SMILES string of the molecule is COc1ccc(OCC(O)Cn2c(N/N=C/c3cccc([N+](=O)[O-])c3)nc3c2c(=O)n(C)c(=O)n3C)cc1. The molecule has 14 heteroatoms. The number of aromatic nitrogens is 4. The fourth-order valence-electron chi connectivity index (χ4n) is 3.72. The Hall–Kier alpha value is -4.98. The molecular formula is C24H25N7O7. The molecular weight excluding hydrogens is 498 g/mol. The minimum atomic E-state index is -1.07. The van der Waals surface area contributed by atoms with E-state index < -0.39 is 22.3 Å². The first-order chi connectivity index (χ1) is 18.2. The number of aryl methyl sites for hydroxylation is 1. The lowest BCUT2D eigenvalue weighted by Gasteiger charge is -2.15. The van der Waals surface area contributed by atoms with Crippen molar-refractivity contribution >= 4 is 29.0 Å². The second kappa shape index (κ2) is 11.0. The van der Waals surface area contributed by atoms with Gasteiger partial charge in [0.2, 0.25) is 5.95 Å². The second-order valence-electron chi connectivity index (χ2n) is 8.29. The Balaban J connectivity index is 1.63. The summed E-state index contributed by atoms with van der Waals surface area (Å²) in [6.45, 7) is -0.219. The van der Waals surface area contributed by atoms with E-state index in [1.807, 2.05) is 0 Å². The average molecular weight is 524 g/mol. The van der Waals surface area contributed by atoms with E-state index >= 15 is 0 Å². The number of hydrogen-bond acceptors (Lipinski definition) is 10. The molecule has 0 saturated carbocycles. The summed E-state index contributed by atoms with van der Waals surface area (Å²) < 4.78 is 14.3. The number of hydrazone groups is 1. The first kappa shape index (κ1) is 26.1. The highest BCUT2D eigenvalue weighted by atomic mass is 16.6. The maximum Gasteiger partial charge on any atom is 0.332 e. The maximum atomic E-state index is 13.0. The molecule has 0 aliphatic rings.